The molecular weight excluding hydrogens is 180 g/mol. The van der Waals surface area contributed by atoms with Crippen LogP contribution in [0.4, 0.5) is 0 Å². The molecule has 4 heteroatoms. The zero-order valence-corrected chi connectivity index (χ0v) is 8.35. The fourth-order valence-electron chi connectivity index (χ4n) is 0.987. The highest BCUT2D eigenvalue weighted by molar-refractivity contribution is 5.09. The first-order chi connectivity index (χ1) is 6.86. The molecule has 0 aromatic carbocycles. The summed E-state index contributed by atoms with van der Waals surface area (Å²) in [6.45, 7) is 3.54. The van der Waals surface area contributed by atoms with Crippen LogP contribution in [0.15, 0.2) is 24.4 Å². The van der Waals surface area contributed by atoms with Crippen LogP contribution >= 0.6 is 0 Å². The average Bonchev–Trinajstić information content (AvgIpc) is 2.25. The Morgan fingerprint density at radius 2 is 2.36 bits per heavy atom. The van der Waals surface area contributed by atoms with Crippen molar-refractivity contribution in [2.24, 2.45) is 5.73 Å². The fourth-order valence-corrected chi connectivity index (χ4v) is 0.987. The molecule has 0 fully saturated rings. The lowest BCUT2D eigenvalue weighted by molar-refractivity contribution is 0.0584. The zero-order chi connectivity index (χ0) is 10.2. The van der Waals surface area contributed by atoms with Gasteiger partial charge in [-0.1, -0.05) is 6.07 Å². The molecule has 0 aliphatic heterocycles. The van der Waals surface area contributed by atoms with Gasteiger partial charge in [0.25, 0.3) is 0 Å². The van der Waals surface area contributed by atoms with Crippen LogP contribution in [0, 0.1) is 0 Å². The van der Waals surface area contributed by atoms with E-state index in [1.54, 1.807) is 12.3 Å². The molecule has 0 saturated carbocycles. The van der Waals surface area contributed by atoms with Crippen LogP contribution in [0.3, 0.4) is 0 Å². The van der Waals surface area contributed by atoms with E-state index in [0.717, 1.165) is 0 Å². The van der Waals surface area contributed by atoms with Gasteiger partial charge in [0.1, 0.15) is 6.10 Å². The maximum atomic E-state index is 5.53. The van der Waals surface area contributed by atoms with E-state index in [2.05, 4.69) is 4.98 Å². The molecule has 0 aliphatic carbocycles. The van der Waals surface area contributed by atoms with Crippen molar-refractivity contribution in [2.45, 2.75) is 13.0 Å². The molecule has 1 heterocycles. The molecule has 14 heavy (non-hydrogen) atoms. The molecule has 78 valence electrons. The lowest BCUT2D eigenvalue weighted by Gasteiger charge is -2.15. The number of hydrogen-bond acceptors (Lipinski definition) is 4. The number of rotatable bonds is 6. The topological polar surface area (TPSA) is 57.4 Å². The van der Waals surface area contributed by atoms with E-state index in [0.29, 0.717) is 25.6 Å². The van der Waals surface area contributed by atoms with E-state index in [4.69, 9.17) is 15.2 Å². The van der Waals surface area contributed by atoms with Gasteiger partial charge in [-0.3, -0.25) is 0 Å². The van der Waals surface area contributed by atoms with E-state index >= 15 is 0 Å². The van der Waals surface area contributed by atoms with Crippen LogP contribution < -0.4 is 10.5 Å². The van der Waals surface area contributed by atoms with Gasteiger partial charge in [0, 0.05) is 25.4 Å². The molecule has 4 nitrogen and oxygen atoms in total. The largest absolute Gasteiger partial charge is 0.471 e. The van der Waals surface area contributed by atoms with Crippen molar-refractivity contribution in [3.05, 3.63) is 24.4 Å². The van der Waals surface area contributed by atoms with Gasteiger partial charge in [-0.15, -0.1) is 0 Å². The minimum atomic E-state index is -0.121. The summed E-state index contributed by atoms with van der Waals surface area (Å²) in [6, 6.07) is 5.51. The second-order valence-electron chi connectivity index (χ2n) is 2.80. The number of hydrogen-bond donors (Lipinski definition) is 1. The Morgan fingerprint density at radius 3 is 2.93 bits per heavy atom. The van der Waals surface area contributed by atoms with Gasteiger partial charge in [-0.25, -0.2) is 4.98 Å². The monoisotopic (exact) mass is 196 g/mol. The molecule has 0 aliphatic rings. The number of ether oxygens (including phenoxy) is 2. The molecule has 0 amide bonds. The number of nitrogens with zero attached hydrogens (tertiary/aromatic N) is 1. The molecule has 0 radical (unpaired) electrons. The number of nitrogens with two attached hydrogens (primary N) is 1. The highest BCUT2D eigenvalue weighted by Crippen LogP contribution is 2.06. The van der Waals surface area contributed by atoms with Crippen LogP contribution in [0.2, 0.25) is 0 Å². The minimum Gasteiger partial charge on any atom is -0.471 e. The second-order valence-corrected chi connectivity index (χ2v) is 2.80. The summed E-state index contributed by atoms with van der Waals surface area (Å²) in [5.74, 6) is 0.586. The van der Waals surface area contributed by atoms with Gasteiger partial charge in [-0.05, 0) is 13.0 Å². The van der Waals surface area contributed by atoms with Crippen LogP contribution in [0.1, 0.15) is 6.92 Å². The predicted molar refractivity (Wildman–Crippen MR) is 54.2 cm³/mol. The zero-order valence-electron chi connectivity index (χ0n) is 8.35. The summed E-state index contributed by atoms with van der Waals surface area (Å²) in [6.07, 6.45) is 1.56. The highest BCUT2D eigenvalue weighted by Gasteiger charge is 2.08. The molecule has 0 bridgehead atoms. The first-order valence-corrected chi connectivity index (χ1v) is 4.72. The van der Waals surface area contributed by atoms with Gasteiger partial charge in [0.05, 0.1) is 6.61 Å². The molecule has 0 unspecified atom stereocenters. The Hall–Kier alpha value is -1.13. The van der Waals surface area contributed by atoms with Gasteiger partial charge in [0.15, 0.2) is 0 Å². The van der Waals surface area contributed by atoms with Gasteiger partial charge in [-0.2, -0.15) is 0 Å². The van der Waals surface area contributed by atoms with Gasteiger partial charge >= 0.3 is 0 Å². The highest BCUT2D eigenvalue weighted by atomic mass is 16.5. The normalized spacial score (nSPS) is 12.4. The third-order valence-electron chi connectivity index (χ3n) is 1.70. The average molecular weight is 196 g/mol. The third-order valence-corrected chi connectivity index (χ3v) is 1.70. The third kappa shape index (κ3) is 3.72. The van der Waals surface area contributed by atoms with Crippen molar-refractivity contribution in [3.63, 3.8) is 0 Å². The molecule has 2 N–H and O–H groups in total. The summed E-state index contributed by atoms with van der Waals surface area (Å²) in [5, 5.41) is 0. The van der Waals surface area contributed by atoms with Crippen molar-refractivity contribution in [3.8, 4) is 5.88 Å². The predicted octanol–water partition coefficient (Wildman–Crippen LogP) is 0.824. The first kappa shape index (κ1) is 10.9. The molecule has 0 spiro atoms. The molecule has 1 rings (SSSR count). The second kappa shape index (κ2) is 6.34. The minimum absolute atomic E-state index is 0.121. The lowest BCUT2D eigenvalue weighted by Crippen LogP contribution is -2.31. The molecular formula is C10H16N2O2. The van der Waals surface area contributed by atoms with E-state index in [1.165, 1.54) is 0 Å². The smallest absolute Gasteiger partial charge is 0.213 e. The van der Waals surface area contributed by atoms with Crippen molar-refractivity contribution in [1.29, 1.82) is 0 Å². The quantitative estimate of drug-likeness (QED) is 0.732. The number of pyridine rings is 1. The maximum absolute atomic E-state index is 5.53. The van der Waals surface area contributed by atoms with Crippen molar-refractivity contribution in [2.75, 3.05) is 19.8 Å². The lowest BCUT2D eigenvalue weighted by atomic mass is 10.4. The Bertz CT molecular complexity index is 241. The maximum Gasteiger partial charge on any atom is 0.213 e. The summed E-state index contributed by atoms with van der Waals surface area (Å²) >= 11 is 0. The Balaban J connectivity index is 2.40. The molecule has 1 aromatic rings. The van der Waals surface area contributed by atoms with Crippen LogP contribution in [0.5, 0.6) is 5.88 Å². The molecule has 1 atom stereocenters. The summed E-state index contributed by atoms with van der Waals surface area (Å²) in [4.78, 5) is 4.04. The van der Waals surface area contributed by atoms with E-state index < -0.39 is 0 Å². The number of aromatic nitrogens is 1. The summed E-state index contributed by atoms with van der Waals surface area (Å²) in [7, 11) is 0. The Morgan fingerprint density at radius 1 is 1.50 bits per heavy atom. The Kier molecular flexibility index (Phi) is 4.96. The summed E-state index contributed by atoms with van der Waals surface area (Å²) < 4.78 is 10.7. The van der Waals surface area contributed by atoms with Gasteiger partial charge < -0.3 is 15.2 Å². The van der Waals surface area contributed by atoms with Crippen molar-refractivity contribution < 1.29 is 9.47 Å². The summed E-state index contributed by atoms with van der Waals surface area (Å²) in [5.41, 5.74) is 5.53. The molecule has 0 saturated heterocycles. The first-order valence-electron chi connectivity index (χ1n) is 4.72. The van der Waals surface area contributed by atoms with E-state index in [9.17, 15) is 0 Å². The molecule has 1 aromatic heterocycles. The van der Waals surface area contributed by atoms with Crippen molar-refractivity contribution >= 4 is 0 Å². The van der Waals surface area contributed by atoms with Crippen molar-refractivity contribution in [1.82, 2.24) is 4.98 Å². The van der Waals surface area contributed by atoms with Crippen LogP contribution in [-0.2, 0) is 4.74 Å². The Labute approximate surface area is 84.0 Å². The van der Waals surface area contributed by atoms with E-state index in [-0.39, 0.29) is 6.10 Å². The SMILES string of the molecule is CCOC[C@@H](CN)Oc1ccccn1. The van der Waals surface area contributed by atoms with E-state index in [1.807, 2.05) is 19.1 Å². The van der Waals surface area contributed by atoms with Crippen LogP contribution in [-0.4, -0.2) is 30.8 Å². The van der Waals surface area contributed by atoms with Gasteiger partial charge in [0.2, 0.25) is 5.88 Å². The standard InChI is InChI=1S/C10H16N2O2/c1-2-13-8-9(7-11)14-10-5-3-4-6-12-10/h3-6,9H,2,7-8,11H2,1H3/t9-/m1/s1. The fraction of sp³-hybridized carbons (Fsp3) is 0.500. The van der Waals surface area contributed by atoms with Crippen LogP contribution in [0.25, 0.3) is 0 Å².